The van der Waals surface area contributed by atoms with Gasteiger partial charge in [0.2, 0.25) is 0 Å². The first-order valence-electron chi connectivity index (χ1n) is 10.2. The number of carbonyl (C=O) groups excluding carboxylic acids is 1. The Balaban J connectivity index is 0.000000490. The van der Waals surface area contributed by atoms with Gasteiger partial charge in [0.1, 0.15) is 0 Å². The number of aliphatic carboxylic acids is 3. The van der Waals surface area contributed by atoms with Gasteiger partial charge in [-0.15, -0.1) is 0 Å². The highest BCUT2D eigenvalue weighted by Gasteiger charge is 2.40. The Hall–Kier alpha value is -2.69. The second kappa shape index (κ2) is 14.5. The third-order valence-electron chi connectivity index (χ3n) is 4.35. The smallest absolute Gasteiger partial charge is 0.336 e. The van der Waals surface area contributed by atoms with E-state index in [1.54, 1.807) is 0 Å². The van der Waals surface area contributed by atoms with E-state index >= 15 is 0 Å². The quantitative estimate of drug-likeness (QED) is 0.373. The minimum atomic E-state index is -2.74. The van der Waals surface area contributed by atoms with Gasteiger partial charge in [-0.25, -0.2) is 4.79 Å². The maximum Gasteiger partial charge on any atom is 0.336 e. The van der Waals surface area contributed by atoms with Crippen LogP contribution in [0.2, 0.25) is 5.02 Å². The fourth-order valence-corrected chi connectivity index (χ4v) is 3.13. The Bertz CT molecular complexity index is 810. The molecule has 0 amide bonds. The van der Waals surface area contributed by atoms with Crippen molar-refractivity contribution in [3.8, 4) is 0 Å². The van der Waals surface area contributed by atoms with Crippen molar-refractivity contribution in [1.29, 1.82) is 0 Å². The van der Waals surface area contributed by atoms with E-state index in [4.69, 9.17) is 32.0 Å². The van der Waals surface area contributed by atoms with Crippen molar-refractivity contribution in [2.45, 2.75) is 64.6 Å². The lowest BCUT2D eigenvalue weighted by Gasteiger charge is -2.18. The van der Waals surface area contributed by atoms with Crippen molar-refractivity contribution in [2.75, 3.05) is 13.1 Å². The minimum absolute atomic E-state index is 0.0255. The Kier molecular flexibility index (Phi) is 13.3. The van der Waals surface area contributed by atoms with Crippen LogP contribution < -0.4 is 5.32 Å². The summed E-state index contributed by atoms with van der Waals surface area (Å²) in [5.41, 5.74) is 0.122. The molecule has 11 heteroatoms. The second-order valence-electron chi connectivity index (χ2n) is 7.83. The van der Waals surface area contributed by atoms with E-state index in [1.807, 2.05) is 19.9 Å². The van der Waals surface area contributed by atoms with Crippen molar-refractivity contribution < 1.29 is 44.3 Å². The van der Waals surface area contributed by atoms with E-state index in [0.717, 1.165) is 24.5 Å². The molecular formula is C22H32ClNO9. The van der Waals surface area contributed by atoms with Crippen molar-refractivity contribution in [3.63, 3.8) is 0 Å². The maximum absolute atomic E-state index is 10.3. The number of fused-ring (bicyclic) bond motifs is 1. The molecule has 0 aromatic heterocycles. The Morgan fingerprint density at radius 2 is 1.70 bits per heavy atom. The first-order chi connectivity index (χ1) is 15.2. The molecule has 1 aliphatic rings. The molecule has 0 saturated carbocycles. The summed E-state index contributed by atoms with van der Waals surface area (Å²) in [6.45, 7) is 9.43. The summed E-state index contributed by atoms with van der Waals surface area (Å²) in [4.78, 5) is 40.5. The number of carboxylic acid groups (broad SMARTS) is 3. The molecule has 0 aliphatic carbocycles. The van der Waals surface area contributed by atoms with Gasteiger partial charge in [-0.1, -0.05) is 24.6 Å². The number of benzene rings is 1. The molecule has 0 spiro atoms. The fraction of sp³-hybridized carbons (Fsp3) is 0.545. The number of halogens is 1. The van der Waals surface area contributed by atoms with Crippen molar-refractivity contribution in [3.05, 3.63) is 34.3 Å². The molecule has 186 valence electrons. The summed E-state index contributed by atoms with van der Waals surface area (Å²) >= 11 is 5.97. The standard InChI is InChI=1S/C11H14ClN.C6H8O7.C5H10O2/c1-8-7-13-5-4-9-2-3-10(12)6-11(8)9;7-3(8)1-6(13,5(11)12)2-4(9)10;1-4(2)7-5(3)6/h2-3,6,8,13H,4-5,7H2,1H3;13H,1-2H2,(H,7,8)(H,9,10)(H,11,12);4H,1-3H3/t8-;;/m0../s1. The zero-order valence-corrected chi connectivity index (χ0v) is 19.9. The summed E-state index contributed by atoms with van der Waals surface area (Å²) in [5, 5.41) is 38.1. The highest BCUT2D eigenvalue weighted by Crippen LogP contribution is 2.25. The van der Waals surface area contributed by atoms with Gasteiger partial charge in [0.25, 0.3) is 0 Å². The molecule has 0 bridgehead atoms. The van der Waals surface area contributed by atoms with Crippen LogP contribution in [0.3, 0.4) is 0 Å². The third kappa shape index (κ3) is 12.8. The minimum Gasteiger partial charge on any atom is -0.481 e. The number of nitrogens with one attached hydrogen (secondary N) is 1. The molecule has 1 atom stereocenters. The molecular weight excluding hydrogens is 458 g/mol. The zero-order chi connectivity index (χ0) is 25.8. The van der Waals surface area contributed by atoms with E-state index in [1.165, 1.54) is 18.1 Å². The largest absolute Gasteiger partial charge is 0.481 e. The maximum atomic E-state index is 10.3. The van der Waals surface area contributed by atoms with Crippen LogP contribution in [0.15, 0.2) is 18.2 Å². The molecule has 1 aliphatic heterocycles. The lowest BCUT2D eigenvalue weighted by molar-refractivity contribution is -0.170. The van der Waals surface area contributed by atoms with Gasteiger partial charge in [-0.3, -0.25) is 14.4 Å². The lowest BCUT2D eigenvalue weighted by atomic mass is 9.96. The normalized spacial score (nSPS) is 14.9. The SMILES string of the molecule is CC(=O)OC(C)C.C[C@H]1CNCCc2ccc(Cl)cc21.O=C(O)CC(O)(CC(=O)O)C(=O)O. The molecule has 0 saturated heterocycles. The number of aliphatic hydroxyl groups is 1. The van der Waals surface area contributed by atoms with Crippen LogP contribution in [0, 0.1) is 0 Å². The first kappa shape index (κ1) is 30.3. The molecule has 0 fully saturated rings. The molecule has 1 heterocycles. The Labute approximate surface area is 197 Å². The van der Waals surface area contributed by atoms with Crippen LogP contribution in [0.1, 0.15) is 57.6 Å². The zero-order valence-electron chi connectivity index (χ0n) is 19.1. The molecule has 1 aromatic carbocycles. The van der Waals surface area contributed by atoms with Crippen LogP contribution in [0.5, 0.6) is 0 Å². The van der Waals surface area contributed by atoms with Gasteiger partial charge in [-0.2, -0.15) is 0 Å². The number of hydrogen-bond donors (Lipinski definition) is 5. The van der Waals surface area contributed by atoms with Crippen LogP contribution in [0.4, 0.5) is 0 Å². The highest BCUT2D eigenvalue weighted by molar-refractivity contribution is 6.30. The summed E-state index contributed by atoms with van der Waals surface area (Å²) in [6, 6.07) is 6.24. The van der Waals surface area contributed by atoms with E-state index in [9.17, 15) is 19.2 Å². The number of hydrogen-bond acceptors (Lipinski definition) is 7. The summed E-state index contributed by atoms with van der Waals surface area (Å²) in [5.74, 6) is -4.65. The number of carbonyl (C=O) groups is 4. The predicted octanol–water partition coefficient (Wildman–Crippen LogP) is 2.30. The molecule has 5 N–H and O–H groups in total. The average molecular weight is 490 g/mol. The van der Waals surface area contributed by atoms with Gasteiger partial charge >= 0.3 is 23.9 Å². The van der Waals surface area contributed by atoms with Crippen LogP contribution in [-0.2, 0) is 30.3 Å². The van der Waals surface area contributed by atoms with Gasteiger partial charge in [0, 0.05) is 18.5 Å². The van der Waals surface area contributed by atoms with Crippen molar-refractivity contribution in [1.82, 2.24) is 5.32 Å². The van der Waals surface area contributed by atoms with Crippen LogP contribution >= 0.6 is 11.6 Å². The fourth-order valence-electron chi connectivity index (χ4n) is 2.95. The number of rotatable bonds is 6. The van der Waals surface area contributed by atoms with Crippen molar-refractivity contribution in [2.24, 2.45) is 0 Å². The highest BCUT2D eigenvalue weighted by atomic mass is 35.5. The number of carboxylic acids is 3. The van der Waals surface area contributed by atoms with E-state index < -0.39 is 36.4 Å². The van der Waals surface area contributed by atoms with Gasteiger partial charge in [0.05, 0.1) is 18.9 Å². The number of esters is 1. The average Bonchev–Trinajstić information content (AvgIpc) is 2.81. The second-order valence-corrected chi connectivity index (χ2v) is 8.27. The monoisotopic (exact) mass is 489 g/mol. The van der Waals surface area contributed by atoms with Gasteiger partial charge in [-0.05, 0) is 56.0 Å². The Morgan fingerprint density at radius 1 is 1.15 bits per heavy atom. The molecule has 0 radical (unpaired) electrons. The molecule has 0 unspecified atom stereocenters. The molecule has 10 nitrogen and oxygen atoms in total. The summed E-state index contributed by atoms with van der Waals surface area (Å²) in [6.07, 6.45) is -1.14. The molecule has 1 aromatic rings. The summed E-state index contributed by atoms with van der Waals surface area (Å²) < 4.78 is 4.61. The van der Waals surface area contributed by atoms with E-state index in [-0.39, 0.29) is 12.1 Å². The van der Waals surface area contributed by atoms with Crippen LogP contribution in [-0.4, -0.2) is 69.1 Å². The van der Waals surface area contributed by atoms with Crippen molar-refractivity contribution >= 4 is 35.5 Å². The molecule has 33 heavy (non-hydrogen) atoms. The lowest BCUT2D eigenvalue weighted by Crippen LogP contribution is -2.42. The molecule has 2 rings (SSSR count). The van der Waals surface area contributed by atoms with Gasteiger partial charge < -0.3 is 30.5 Å². The third-order valence-corrected chi connectivity index (χ3v) is 4.58. The van der Waals surface area contributed by atoms with E-state index in [2.05, 4.69) is 29.1 Å². The number of ether oxygens (including phenoxy) is 1. The van der Waals surface area contributed by atoms with E-state index in [0.29, 0.717) is 5.92 Å². The first-order valence-corrected chi connectivity index (χ1v) is 10.6. The topological polar surface area (TPSA) is 170 Å². The Morgan fingerprint density at radius 3 is 2.09 bits per heavy atom. The van der Waals surface area contributed by atoms with Gasteiger partial charge in [0.15, 0.2) is 5.60 Å². The predicted molar refractivity (Wildman–Crippen MR) is 120 cm³/mol. The van der Waals surface area contributed by atoms with Crippen LogP contribution in [0.25, 0.3) is 0 Å². The summed E-state index contributed by atoms with van der Waals surface area (Å²) in [7, 11) is 0.